The van der Waals surface area contributed by atoms with Gasteiger partial charge in [-0.15, -0.1) is 11.8 Å². The molecule has 24 heavy (non-hydrogen) atoms. The average molecular weight is 367 g/mol. The van der Waals surface area contributed by atoms with Gasteiger partial charge in [0.25, 0.3) is 0 Å². The van der Waals surface area contributed by atoms with Crippen molar-refractivity contribution >= 4 is 40.7 Å². The SMILES string of the molecule is CC(=O)CCCCC[C@@H](C(=O)Nc1cccc(Cl)c1)N1C=CSC1. The van der Waals surface area contributed by atoms with E-state index in [-0.39, 0.29) is 17.7 Å². The lowest BCUT2D eigenvalue weighted by molar-refractivity contribution is -0.120. The summed E-state index contributed by atoms with van der Waals surface area (Å²) in [6.45, 7) is 1.62. The molecule has 0 fully saturated rings. The van der Waals surface area contributed by atoms with E-state index in [1.54, 1.807) is 30.8 Å². The second-order valence-electron chi connectivity index (χ2n) is 5.91. The molecule has 1 aliphatic heterocycles. The summed E-state index contributed by atoms with van der Waals surface area (Å²) in [6, 6.07) is 6.98. The number of nitrogens with zero attached hydrogens (tertiary/aromatic N) is 1. The van der Waals surface area contributed by atoms with Crippen molar-refractivity contribution in [2.75, 3.05) is 11.2 Å². The van der Waals surface area contributed by atoms with Gasteiger partial charge in [-0.2, -0.15) is 0 Å². The number of anilines is 1. The number of Topliss-reactive ketones (excluding diaryl/α,β-unsaturated/α-hetero) is 1. The zero-order chi connectivity index (χ0) is 17.4. The molecule has 1 aromatic rings. The van der Waals surface area contributed by atoms with Gasteiger partial charge in [-0.25, -0.2) is 0 Å². The van der Waals surface area contributed by atoms with Crippen molar-refractivity contribution in [2.24, 2.45) is 0 Å². The third-order valence-corrected chi connectivity index (χ3v) is 4.87. The quantitative estimate of drug-likeness (QED) is 0.645. The Morgan fingerprint density at radius 3 is 2.83 bits per heavy atom. The van der Waals surface area contributed by atoms with E-state index in [1.807, 2.05) is 23.7 Å². The smallest absolute Gasteiger partial charge is 0.247 e. The van der Waals surface area contributed by atoms with E-state index in [2.05, 4.69) is 10.2 Å². The summed E-state index contributed by atoms with van der Waals surface area (Å²) >= 11 is 7.66. The van der Waals surface area contributed by atoms with Crippen molar-refractivity contribution < 1.29 is 9.59 Å². The van der Waals surface area contributed by atoms with E-state index in [1.165, 1.54) is 0 Å². The van der Waals surface area contributed by atoms with Gasteiger partial charge in [0.2, 0.25) is 5.91 Å². The van der Waals surface area contributed by atoms with Gasteiger partial charge in [0.1, 0.15) is 11.8 Å². The van der Waals surface area contributed by atoms with Gasteiger partial charge in [-0.1, -0.05) is 30.5 Å². The van der Waals surface area contributed by atoms with Crippen LogP contribution in [0.3, 0.4) is 0 Å². The van der Waals surface area contributed by atoms with Crippen LogP contribution >= 0.6 is 23.4 Å². The third-order valence-electron chi connectivity index (χ3n) is 3.87. The lowest BCUT2D eigenvalue weighted by atomic mass is 10.0. The largest absolute Gasteiger partial charge is 0.356 e. The van der Waals surface area contributed by atoms with Crippen LogP contribution in [0.15, 0.2) is 35.9 Å². The predicted molar refractivity (Wildman–Crippen MR) is 101 cm³/mol. The van der Waals surface area contributed by atoms with Crippen molar-refractivity contribution in [2.45, 2.75) is 45.1 Å². The number of rotatable bonds is 9. The average Bonchev–Trinajstić information content (AvgIpc) is 3.04. The zero-order valence-corrected chi connectivity index (χ0v) is 15.4. The number of nitrogens with one attached hydrogen (secondary N) is 1. The van der Waals surface area contributed by atoms with Gasteiger partial charge in [-0.3, -0.25) is 4.79 Å². The van der Waals surface area contributed by atoms with Crippen LogP contribution in [0.5, 0.6) is 0 Å². The topological polar surface area (TPSA) is 49.4 Å². The normalized spacial score (nSPS) is 14.7. The van der Waals surface area contributed by atoms with Gasteiger partial charge < -0.3 is 15.0 Å². The summed E-state index contributed by atoms with van der Waals surface area (Å²) in [5.74, 6) is 1.00. The fraction of sp³-hybridized carbons (Fsp3) is 0.444. The first-order valence-electron chi connectivity index (χ1n) is 8.16. The van der Waals surface area contributed by atoms with Gasteiger partial charge in [0.15, 0.2) is 0 Å². The number of amides is 1. The Morgan fingerprint density at radius 1 is 1.33 bits per heavy atom. The molecule has 1 atom stereocenters. The first-order chi connectivity index (χ1) is 11.6. The van der Waals surface area contributed by atoms with Crippen molar-refractivity contribution in [1.82, 2.24) is 4.90 Å². The number of thioether (sulfide) groups is 1. The van der Waals surface area contributed by atoms with Crippen LogP contribution in [0.4, 0.5) is 5.69 Å². The van der Waals surface area contributed by atoms with Crippen LogP contribution in [0, 0.1) is 0 Å². The van der Waals surface area contributed by atoms with Crippen LogP contribution < -0.4 is 5.32 Å². The summed E-state index contributed by atoms with van der Waals surface area (Å²) in [5, 5.41) is 5.57. The first-order valence-corrected chi connectivity index (χ1v) is 9.59. The summed E-state index contributed by atoms with van der Waals surface area (Å²) in [7, 11) is 0. The maximum absolute atomic E-state index is 12.7. The lowest BCUT2D eigenvalue weighted by Gasteiger charge is -2.26. The van der Waals surface area contributed by atoms with Gasteiger partial charge in [0, 0.05) is 23.3 Å². The molecule has 2 rings (SSSR count). The number of benzene rings is 1. The highest BCUT2D eigenvalue weighted by molar-refractivity contribution is 8.02. The highest BCUT2D eigenvalue weighted by Crippen LogP contribution is 2.23. The van der Waals surface area contributed by atoms with E-state index < -0.39 is 0 Å². The predicted octanol–water partition coefficient (Wildman–Crippen LogP) is 4.66. The van der Waals surface area contributed by atoms with Crippen LogP contribution in [-0.4, -0.2) is 28.5 Å². The zero-order valence-electron chi connectivity index (χ0n) is 13.8. The van der Waals surface area contributed by atoms with Crippen molar-refractivity contribution in [1.29, 1.82) is 0 Å². The number of halogens is 1. The highest BCUT2D eigenvalue weighted by atomic mass is 35.5. The molecule has 1 heterocycles. The van der Waals surface area contributed by atoms with E-state index >= 15 is 0 Å². The molecule has 0 radical (unpaired) electrons. The van der Waals surface area contributed by atoms with Gasteiger partial charge in [0.05, 0.1) is 5.88 Å². The first kappa shape index (κ1) is 18.9. The highest BCUT2D eigenvalue weighted by Gasteiger charge is 2.25. The molecule has 0 bridgehead atoms. The standard InChI is InChI=1S/C18H23ClN2O2S/c1-14(22)6-3-2-4-9-17(21-10-11-24-13-21)18(23)20-16-8-5-7-15(19)12-16/h5,7-8,10-12,17H,2-4,6,9,13H2,1H3,(H,20,23)/t17-/m0/s1. The van der Waals surface area contributed by atoms with Crippen molar-refractivity contribution in [3.63, 3.8) is 0 Å². The number of unbranched alkanes of at least 4 members (excludes halogenated alkanes) is 2. The molecule has 0 saturated heterocycles. The van der Waals surface area contributed by atoms with Gasteiger partial charge >= 0.3 is 0 Å². The molecule has 1 aromatic carbocycles. The van der Waals surface area contributed by atoms with Crippen LogP contribution in [0.2, 0.25) is 5.02 Å². The second-order valence-corrected chi connectivity index (χ2v) is 7.21. The van der Waals surface area contributed by atoms with E-state index in [4.69, 9.17) is 11.6 Å². The lowest BCUT2D eigenvalue weighted by Crippen LogP contribution is -2.40. The third kappa shape index (κ3) is 6.21. The summed E-state index contributed by atoms with van der Waals surface area (Å²) in [6.07, 6.45) is 6.15. The molecule has 4 nitrogen and oxygen atoms in total. The molecule has 0 spiro atoms. The molecule has 0 aliphatic carbocycles. The monoisotopic (exact) mass is 366 g/mol. The maximum atomic E-state index is 12.7. The summed E-state index contributed by atoms with van der Waals surface area (Å²) in [4.78, 5) is 25.7. The van der Waals surface area contributed by atoms with E-state index in [9.17, 15) is 9.59 Å². The number of hydrogen-bond acceptors (Lipinski definition) is 4. The Hall–Kier alpha value is -1.46. The maximum Gasteiger partial charge on any atom is 0.247 e. The molecular formula is C18H23ClN2O2S. The number of carbonyl (C=O) groups excluding carboxylic acids is 2. The summed E-state index contributed by atoms with van der Waals surface area (Å²) < 4.78 is 0. The molecular weight excluding hydrogens is 344 g/mol. The molecule has 0 aromatic heterocycles. The number of hydrogen-bond donors (Lipinski definition) is 1. The minimum Gasteiger partial charge on any atom is -0.356 e. The van der Waals surface area contributed by atoms with Crippen molar-refractivity contribution in [3.05, 3.63) is 40.9 Å². The van der Waals surface area contributed by atoms with E-state index in [0.29, 0.717) is 17.1 Å². The Labute approximate surface area is 152 Å². The van der Waals surface area contributed by atoms with Crippen LogP contribution in [0.25, 0.3) is 0 Å². The second kappa shape index (κ2) is 9.74. The molecule has 130 valence electrons. The molecule has 1 N–H and O–H groups in total. The molecule has 1 amide bonds. The Kier molecular flexibility index (Phi) is 7.66. The fourth-order valence-corrected chi connectivity index (χ4v) is 3.57. The Bertz CT molecular complexity index is 606. The van der Waals surface area contributed by atoms with Crippen LogP contribution in [-0.2, 0) is 9.59 Å². The number of ketones is 1. The molecule has 6 heteroatoms. The van der Waals surface area contributed by atoms with Crippen molar-refractivity contribution in [3.8, 4) is 0 Å². The Balaban J connectivity index is 1.91. The molecule has 0 saturated carbocycles. The summed E-state index contributed by atoms with van der Waals surface area (Å²) in [5.41, 5.74) is 0.713. The minimum absolute atomic E-state index is 0.0176. The molecule has 0 unspecified atom stereocenters. The van der Waals surface area contributed by atoms with Gasteiger partial charge in [-0.05, 0) is 43.4 Å². The Morgan fingerprint density at radius 2 is 2.17 bits per heavy atom. The minimum atomic E-state index is -0.201. The molecule has 1 aliphatic rings. The van der Waals surface area contributed by atoms with Crippen LogP contribution in [0.1, 0.15) is 39.0 Å². The fourth-order valence-electron chi connectivity index (χ4n) is 2.61. The van der Waals surface area contributed by atoms with E-state index in [0.717, 1.165) is 31.6 Å². The number of carbonyl (C=O) groups is 2.